The number of ether oxygens (including phenoxy) is 1. The summed E-state index contributed by atoms with van der Waals surface area (Å²) in [6.07, 6.45) is 0. The molecule has 2 aromatic carbocycles. The van der Waals surface area contributed by atoms with Crippen molar-refractivity contribution < 1.29 is 77.5 Å². The fourth-order valence-corrected chi connectivity index (χ4v) is 8.99. The molecule has 2 aliphatic heterocycles. The Kier molecular flexibility index (Phi) is 11.4. The predicted molar refractivity (Wildman–Crippen MR) is 182 cm³/mol. The zero-order valence-electron chi connectivity index (χ0n) is 26.2. The summed E-state index contributed by atoms with van der Waals surface area (Å²) in [5, 5.41) is 1.94. The molecule has 21 nitrogen and oxygen atoms in total. The largest absolute Gasteiger partial charge is 0.451 e. The highest BCUT2D eigenvalue weighted by Crippen LogP contribution is 2.54. The maximum absolute atomic E-state index is 13.3. The zero-order valence-corrected chi connectivity index (χ0v) is 31.8. The van der Waals surface area contributed by atoms with Crippen molar-refractivity contribution in [2.75, 3.05) is 43.2 Å². The van der Waals surface area contributed by atoms with Gasteiger partial charge in [0.1, 0.15) is 32.6 Å². The first-order valence-corrected chi connectivity index (χ1v) is 22.2. The quantitative estimate of drug-likeness (QED) is 0.0706. The normalized spacial score (nSPS) is 14.2. The van der Waals surface area contributed by atoms with Gasteiger partial charge in [-0.3, -0.25) is 18.7 Å². The van der Waals surface area contributed by atoms with Crippen molar-refractivity contribution in [3.63, 3.8) is 0 Å². The minimum absolute atomic E-state index is 0.0634. The summed E-state index contributed by atoms with van der Waals surface area (Å²) in [5.41, 5.74) is -0.465. The van der Waals surface area contributed by atoms with Crippen LogP contribution in [0.25, 0.3) is 22.6 Å². The minimum Gasteiger partial charge on any atom is -0.451 e. The van der Waals surface area contributed by atoms with Crippen molar-refractivity contribution in [2.45, 2.75) is 16.7 Å². The number of rotatable bonds is 14. The average Bonchev–Trinajstić information content (AvgIpc) is 3.01. The van der Waals surface area contributed by atoms with E-state index in [1.54, 1.807) is 0 Å². The number of hydrogen-bond acceptors (Lipinski definition) is 18. The second-order valence-electron chi connectivity index (χ2n) is 10.6. The van der Waals surface area contributed by atoms with E-state index in [4.69, 9.17) is 46.0 Å². The van der Waals surface area contributed by atoms with Crippen LogP contribution in [0.2, 0.25) is 10.0 Å². The van der Waals surface area contributed by atoms with Gasteiger partial charge in [0.2, 0.25) is 0 Å². The number of nitrogens with one attached hydrogen (secondary N) is 1. The highest BCUT2D eigenvalue weighted by atomic mass is 35.5. The van der Waals surface area contributed by atoms with E-state index in [0.717, 1.165) is 12.1 Å². The Morgan fingerprint density at radius 1 is 0.755 bits per heavy atom. The summed E-state index contributed by atoms with van der Waals surface area (Å²) in [6.45, 7) is -1.67. The number of nitrogens with zero attached hydrogens (tertiary/aromatic N) is 2. The monoisotopic (exact) mass is 883 g/mol. The highest BCUT2D eigenvalue weighted by Gasteiger charge is 2.33. The van der Waals surface area contributed by atoms with Crippen molar-refractivity contribution in [1.29, 1.82) is 0 Å². The Balaban J connectivity index is 1.64. The van der Waals surface area contributed by atoms with E-state index in [1.165, 1.54) is 19.1 Å². The smallest absolute Gasteiger partial charge is 0.397 e. The van der Waals surface area contributed by atoms with E-state index in [1.807, 2.05) is 0 Å². The van der Waals surface area contributed by atoms with Gasteiger partial charge >= 0.3 is 31.2 Å². The second-order valence-corrected chi connectivity index (χ2v) is 18.8. The van der Waals surface area contributed by atoms with Crippen molar-refractivity contribution in [1.82, 2.24) is 4.98 Å². The molecule has 0 fully saturated rings. The number of aromatic nitrogens is 1. The van der Waals surface area contributed by atoms with Crippen LogP contribution in [0, 0.1) is 6.92 Å². The molecule has 3 aliphatic rings. The lowest BCUT2D eigenvalue weighted by atomic mass is 10.1. The van der Waals surface area contributed by atoms with E-state index >= 15 is 0 Å². The van der Waals surface area contributed by atoms with Crippen molar-refractivity contribution in [3.05, 3.63) is 45.2 Å². The van der Waals surface area contributed by atoms with Gasteiger partial charge in [0, 0.05) is 6.07 Å². The van der Waals surface area contributed by atoms with E-state index < -0.39 is 93.6 Å². The molecule has 53 heavy (non-hydrogen) atoms. The van der Waals surface area contributed by atoms with Gasteiger partial charge in [0.25, 0.3) is 0 Å². The summed E-state index contributed by atoms with van der Waals surface area (Å²) in [5.74, 6) is -2.30. The topological polar surface area (TPSA) is 319 Å². The molecule has 0 amide bonds. The van der Waals surface area contributed by atoms with Gasteiger partial charge < -0.3 is 14.5 Å². The van der Waals surface area contributed by atoms with Crippen LogP contribution in [0.3, 0.4) is 0 Å². The lowest BCUT2D eigenvalue weighted by molar-refractivity contribution is 0.275. The number of anilines is 2. The van der Waals surface area contributed by atoms with Gasteiger partial charge in [0.15, 0.2) is 42.5 Å². The van der Waals surface area contributed by atoms with Gasteiger partial charge in [-0.2, -0.15) is 25.3 Å². The van der Waals surface area contributed by atoms with Crippen LogP contribution in [-0.4, -0.2) is 98.6 Å². The minimum atomic E-state index is -5.01. The first-order chi connectivity index (χ1) is 24.4. The third kappa shape index (κ3) is 9.71. The van der Waals surface area contributed by atoms with Crippen molar-refractivity contribution in [3.8, 4) is 23.0 Å². The maximum atomic E-state index is 13.3. The third-order valence-corrected chi connectivity index (χ3v) is 12.4. The standard InChI is InChI=1S/C25H23Cl2N3O18S5/c1-12-8-16-21(18(9-12)50(33,34)7-5-46-53(41,42)43)30-23-20(27)24-22(19(26)25(23)48-16)29-13-11-17(49(31,32)6-4-45-52(38,39)40)14(10-15(13)47-24)28-2-3-44-51(35,36)37/h8-11,30H,2-7H2,1H3,(H,35,36,37)(H,38,39,40)(H,41,42,43). The molecule has 0 saturated heterocycles. The predicted octanol–water partition coefficient (Wildman–Crippen LogP) is 2.30. The number of hydrogen-bond donors (Lipinski definition) is 4. The molecular weight excluding hydrogens is 862 g/mol. The molecule has 0 spiro atoms. The van der Waals surface area contributed by atoms with Gasteiger partial charge in [-0.15, -0.1) is 0 Å². The Labute approximate surface area is 310 Å². The van der Waals surface area contributed by atoms with Crippen LogP contribution in [0.4, 0.5) is 11.4 Å². The molecule has 0 saturated carbocycles. The Hall–Kier alpha value is -3.25. The summed E-state index contributed by atoms with van der Waals surface area (Å²) in [7, 11) is -23.6. The van der Waals surface area contributed by atoms with Crippen molar-refractivity contribution >= 4 is 96.5 Å². The molecule has 2 heterocycles. The Morgan fingerprint density at radius 3 is 1.91 bits per heavy atom. The number of aryl methyl sites for hydroxylation is 1. The number of benzene rings is 3. The van der Waals surface area contributed by atoms with E-state index in [-0.39, 0.29) is 65.7 Å². The van der Waals surface area contributed by atoms with Crippen LogP contribution in [0.1, 0.15) is 5.56 Å². The summed E-state index contributed by atoms with van der Waals surface area (Å²) in [6, 6.07) is 4.72. The van der Waals surface area contributed by atoms with Crippen LogP contribution >= 0.6 is 23.2 Å². The Bertz CT molecular complexity index is 2760. The second kappa shape index (κ2) is 14.8. The van der Waals surface area contributed by atoms with E-state index in [9.17, 15) is 42.1 Å². The SMILES string of the molecule is Cc1cc2c(c(S(=O)(=O)CCOS(=O)(=O)O)c1)Nc1c(c(Cl)c3nc4cc(S(=O)(=O)CCOS(=O)(=O)O)c(=NCCOS(=O)(=O)O)cc-4oc3c1Cl)O2. The molecule has 1 aliphatic carbocycles. The molecule has 0 unspecified atom stereocenters. The first-order valence-electron chi connectivity index (χ1n) is 14.1. The number of halogens is 2. The van der Waals surface area contributed by atoms with Crippen molar-refractivity contribution in [2.24, 2.45) is 4.99 Å². The van der Waals surface area contributed by atoms with Gasteiger partial charge in [0.05, 0.1) is 53.0 Å². The molecule has 0 bridgehead atoms. The number of fused-ring (bicyclic) bond motifs is 4. The van der Waals surface area contributed by atoms with Gasteiger partial charge in [-0.05, 0) is 30.7 Å². The lowest BCUT2D eigenvalue weighted by Gasteiger charge is -2.26. The van der Waals surface area contributed by atoms with Gasteiger partial charge in [-0.25, -0.2) is 34.4 Å². The molecule has 2 aromatic rings. The van der Waals surface area contributed by atoms with Gasteiger partial charge in [-0.1, -0.05) is 23.2 Å². The van der Waals surface area contributed by atoms with E-state index in [2.05, 4.69) is 27.8 Å². The van der Waals surface area contributed by atoms with Crippen LogP contribution in [-0.2, 0) is 63.4 Å². The average molecular weight is 885 g/mol. The molecule has 5 rings (SSSR count). The summed E-state index contributed by atoms with van der Waals surface area (Å²) in [4.78, 5) is 7.43. The molecule has 0 radical (unpaired) electrons. The van der Waals surface area contributed by atoms with Crippen LogP contribution in [0.15, 0.2) is 43.5 Å². The molecule has 28 heteroatoms. The van der Waals surface area contributed by atoms with Crippen LogP contribution < -0.4 is 15.4 Å². The highest BCUT2D eigenvalue weighted by molar-refractivity contribution is 7.92. The lowest BCUT2D eigenvalue weighted by Crippen LogP contribution is -2.23. The fourth-order valence-electron chi connectivity index (χ4n) is 4.78. The van der Waals surface area contributed by atoms with E-state index in [0.29, 0.717) is 5.56 Å². The van der Waals surface area contributed by atoms with Crippen LogP contribution in [0.5, 0.6) is 11.5 Å². The molecule has 290 valence electrons. The molecule has 4 N–H and O–H groups in total. The molecule has 0 aromatic heterocycles. The Morgan fingerprint density at radius 2 is 1.32 bits per heavy atom. The maximum Gasteiger partial charge on any atom is 0.397 e. The third-order valence-electron chi connectivity index (χ3n) is 6.87. The first kappa shape index (κ1) is 40.9. The fraction of sp³-hybridized carbons (Fsp3) is 0.280. The molecule has 0 atom stereocenters. The number of sulfone groups is 2. The zero-order chi connectivity index (χ0) is 39.3. The summed E-state index contributed by atoms with van der Waals surface area (Å²) < 4.78 is 170. The molecular formula is C25H23Cl2N3O18S5. The summed E-state index contributed by atoms with van der Waals surface area (Å²) >= 11 is 13.4.